The van der Waals surface area contributed by atoms with E-state index in [1.165, 1.54) is 6.92 Å². The van der Waals surface area contributed by atoms with Gasteiger partial charge in [0.1, 0.15) is 11.7 Å². The summed E-state index contributed by atoms with van der Waals surface area (Å²) in [5.41, 5.74) is 4.76. The van der Waals surface area contributed by atoms with Crippen molar-refractivity contribution in [1.29, 1.82) is 0 Å². The van der Waals surface area contributed by atoms with Gasteiger partial charge in [-0.15, -0.1) is 0 Å². The van der Waals surface area contributed by atoms with Gasteiger partial charge in [-0.3, -0.25) is 9.59 Å². The molecule has 1 fully saturated rings. The van der Waals surface area contributed by atoms with Crippen LogP contribution in [0.2, 0.25) is 0 Å². The number of aromatic nitrogens is 5. The molecule has 1 N–H and O–H groups in total. The normalized spacial score (nSPS) is 16.2. The van der Waals surface area contributed by atoms with Gasteiger partial charge in [0, 0.05) is 62.5 Å². The van der Waals surface area contributed by atoms with E-state index in [1.54, 1.807) is 33.9 Å². The molecule has 1 atom stereocenters. The first kappa shape index (κ1) is 20.2. The van der Waals surface area contributed by atoms with Crippen LogP contribution in [0.1, 0.15) is 25.5 Å². The van der Waals surface area contributed by atoms with E-state index >= 15 is 0 Å². The van der Waals surface area contributed by atoms with E-state index in [-0.39, 0.29) is 17.9 Å². The molecule has 32 heavy (non-hydrogen) atoms. The van der Waals surface area contributed by atoms with Crippen molar-refractivity contribution >= 4 is 28.4 Å². The Balaban J connectivity index is 1.35. The smallest absolute Gasteiger partial charge is 0.245 e. The molecule has 164 valence electrons. The number of hydrogen-bond acceptors (Lipinski definition) is 5. The molecular weight excluding hydrogens is 406 g/mol. The molecule has 0 aromatic carbocycles. The molecule has 0 bridgehead atoms. The average molecular weight is 432 g/mol. The third-order valence-corrected chi connectivity index (χ3v) is 6.22. The third-order valence-electron chi connectivity index (χ3n) is 6.22. The summed E-state index contributed by atoms with van der Waals surface area (Å²) in [6.07, 6.45) is 7.58. The number of amides is 2. The molecule has 0 radical (unpaired) electrons. The summed E-state index contributed by atoms with van der Waals surface area (Å²) < 4.78 is 1.61. The molecule has 5 heterocycles. The van der Waals surface area contributed by atoms with Crippen LogP contribution in [0.5, 0.6) is 0 Å². The van der Waals surface area contributed by atoms with Crippen molar-refractivity contribution in [3.63, 3.8) is 0 Å². The van der Waals surface area contributed by atoms with E-state index in [4.69, 9.17) is 0 Å². The molecule has 4 aromatic rings. The molecule has 2 amide bonds. The van der Waals surface area contributed by atoms with Gasteiger partial charge in [-0.05, 0) is 42.7 Å². The number of hydrogen-bond donors (Lipinski definition) is 1. The van der Waals surface area contributed by atoms with Crippen LogP contribution in [0.15, 0.2) is 42.9 Å². The van der Waals surface area contributed by atoms with Gasteiger partial charge >= 0.3 is 0 Å². The van der Waals surface area contributed by atoms with Crippen molar-refractivity contribution in [2.45, 2.75) is 32.2 Å². The first-order valence-electron chi connectivity index (χ1n) is 10.8. The monoisotopic (exact) mass is 431 g/mol. The van der Waals surface area contributed by atoms with Crippen LogP contribution < -0.4 is 0 Å². The lowest BCUT2D eigenvalue weighted by molar-refractivity contribution is -0.141. The number of fused-ring (bicyclic) bond motifs is 2. The summed E-state index contributed by atoms with van der Waals surface area (Å²) in [5, 5.41) is 9.60. The minimum atomic E-state index is -0.335. The number of likely N-dealkylation sites (tertiary alicyclic amines) is 1. The van der Waals surface area contributed by atoms with Crippen molar-refractivity contribution in [2.75, 3.05) is 20.1 Å². The van der Waals surface area contributed by atoms with Gasteiger partial charge in [-0.1, -0.05) is 0 Å². The highest BCUT2D eigenvalue weighted by molar-refractivity contribution is 5.97. The number of pyridine rings is 1. The van der Waals surface area contributed by atoms with Crippen LogP contribution in [0.25, 0.3) is 27.7 Å². The number of carbonyl (C=O) groups excluding carboxylic acids is 2. The molecule has 0 unspecified atom stereocenters. The van der Waals surface area contributed by atoms with Crippen LogP contribution in [-0.2, 0) is 16.0 Å². The number of H-pyrrole nitrogens is 1. The van der Waals surface area contributed by atoms with Crippen LogP contribution >= 0.6 is 0 Å². The third kappa shape index (κ3) is 3.49. The Bertz CT molecular complexity index is 1310. The highest BCUT2D eigenvalue weighted by Gasteiger charge is 2.33. The quantitative estimate of drug-likeness (QED) is 0.523. The van der Waals surface area contributed by atoms with Crippen LogP contribution in [-0.4, -0.2) is 72.6 Å². The minimum Gasteiger partial charge on any atom is -0.344 e. The molecule has 9 nitrogen and oxygen atoms in total. The summed E-state index contributed by atoms with van der Waals surface area (Å²) in [5.74, 6) is -0.0298. The minimum absolute atomic E-state index is 0.00600. The van der Waals surface area contributed by atoms with Crippen molar-refractivity contribution in [1.82, 2.24) is 34.6 Å². The van der Waals surface area contributed by atoms with E-state index in [9.17, 15) is 9.59 Å². The zero-order valence-corrected chi connectivity index (χ0v) is 18.2. The topological polar surface area (TPSA) is 99.5 Å². The Kier molecular flexibility index (Phi) is 5.08. The maximum Gasteiger partial charge on any atom is 0.245 e. The zero-order valence-electron chi connectivity index (χ0n) is 18.2. The molecule has 0 spiro atoms. The van der Waals surface area contributed by atoms with Crippen molar-refractivity contribution < 1.29 is 9.59 Å². The molecule has 1 aliphatic rings. The first-order chi connectivity index (χ1) is 15.5. The van der Waals surface area contributed by atoms with Crippen LogP contribution in [0.4, 0.5) is 0 Å². The molecule has 1 saturated heterocycles. The second kappa shape index (κ2) is 8.07. The standard InChI is InChI=1S/C23H25N7O2/c1-15(31)29-11-4-6-21(29)23(32)28(2)12-8-16-13-18-17(7-10-24-22(18)27-16)19-14-26-30-20(19)5-3-9-25-30/h3,5,7,9-10,13-14,21H,4,6,8,11-12H2,1-2H3,(H,24,27)/t21-/m0/s1. The van der Waals surface area contributed by atoms with Gasteiger partial charge in [-0.2, -0.15) is 14.8 Å². The summed E-state index contributed by atoms with van der Waals surface area (Å²) in [7, 11) is 1.80. The van der Waals surface area contributed by atoms with Gasteiger partial charge in [0.05, 0.1) is 11.7 Å². The fraction of sp³-hybridized carbons (Fsp3) is 0.348. The Morgan fingerprint density at radius 3 is 2.94 bits per heavy atom. The van der Waals surface area contributed by atoms with E-state index in [1.807, 2.05) is 24.4 Å². The Morgan fingerprint density at radius 1 is 1.22 bits per heavy atom. The number of aromatic amines is 1. The SMILES string of the molecule is CC(=O)N1CCC[C@H]1C(=O)N(C)CCc1cc2c(-c3cnn4ncccc34)ccnc2[nH]1. The van der Waals surface area contributed by atoms with Gasteiger partial charge in [-0.25, -0.2) is 4.98 Å². The average Bonchev–Trinajstić information content (AvgIpc) is 3.54. The zero-order chi connectivity index (χ0) is 22.2. The molecule has 4 aromatic heterocycles. The van der Waals surface area contributed by atoms with Gasteiger partial charge in [0.25, 0.3) is 0 Å². The number of carbonyl (C=O) groups is 2. The summed E-state index contributed by atoms with van der Waals surface area (Å²) in [6, 6.07) is 7.62. The van der Waals surface area contributed by atoms with Crippen molar-refractivity contribution in [3.05, 3.63) is 48.5 Å². The highest BCUT2D eigenvalue weighted by atomic mass is 16.2. The lowest BCUT2D eigenvalue weighted by Gasteiger charge is -2.27. The molecule has 0 saturated carbocycles. The van der Waals surface area contributed by atoms with Gasteiger partial charge < -0.3 is 14.8 Å². The highest BCUT2D eigenvalue weighted by Crippen LogP contribution is 2.31. The first-order valence-corrected chi connectivity index (χ1v) is 10.8. The van der Waals surface area contributed by atoms with E-state index < -0.39 is 0 Å². The van der Waals surface area contributed by atoms with Crippen molar-refractivity contribution in [3.8, 4) is 11.1 Å². The largest absolute Gasteiger partial charge is 0.344 e. The van der Waals surface area contributed by atoms with Gasteiger partial charge in [0.15, 0.2) is 0 Å². The molecule has 0 aliphatic carbocycles. The predicted molar refractivity (Wildman–Crippen MR) is 120 cm³/mol. The van der Waals surface area contributed by atoms with E-state index in [2.05, 4.69) is 26.2 Å². The summed E-state index contributed by atoms with van der Waals surface area (Å²) in [6.45, 7) is 2.75. The number of nitrogens with zero attached hydrogens (tertiary/aromatic N) is 6. The summed E-state index contributed by atoms with van der Waals surface area (Å²) in [4.78, 5) is 36.0. The Morgan fingerprint density at radius 2 is 2.09 bits per heavy atom. The lowest BCUT2D eigenvalue weighted by Crippen LogP contribution is -2.46. The Labute approximate surface area is 185 Å². The maximum absolute atomic E-state index is 12.9. The fourth-order valence-corrected chi connectivity index (χ4v) is 4.54. The van der Waals surface area contributed by atoms with Crippen LogP contribution in [0, 0.1) is 0 Å². The number of rotatable bonds is 5. The fourth-order valence-electron chi connectivity index (χ4n) is 4.54. The van der Waals surface area contributed by atoms with E-state index in [0.29, 0.717) is 19.5 Å². The maximum atomic E-state index is 12.9. The second-order valence-electron chi connectivity index (χ2n) is 8.25. The van der Waals surface area contributed by atoms with Crippen molar-refractivity contribution in [2.24, 2.45) is 0 Å². The Hall–Kier alpha value is -3.75. The lowest BCUT2D eigenvalue weighted by atomic mass is 10.1. The molecule has 1 aliphatic heterocycles. The number of likely N-dealkylation sites (N-methyl/N-ethyl adjacent to an activating group) is 1. The molecule has 5 rings (SSSR count). The second-order valence-corrected chi connectivity index (χ2v) is 8.25. The van der Waals surface area contributed by atoms with Crippen LogP contribution in [0.3, 0.4) is 0 Å². The number of nitrogens with one attached hydrogen (secondary N) is 1. The molecular formula is C23H25N7O2. The van der Waals surface area contributed by atoms with E-state index in [0.717, 1.165) is 46.2 Å². The predicted octanol–water partition coefficient (Wildman–Crippen LogP) is 2.28. The molecule has 9 heteroatoms. The van der Waals surface area contributed by atoms with Gasteiger partial charge in [0.2, 0.25) is 11.8 Å². The summed E-state index contributed by atoms with van der Waals surface area (Å²) >= 11 is 0.